The van der Waals surface area contributed by atoms with Crippen LogP contribution in [0.25, 0.3) is 0 Å². The number of carbonyl (C=O) groups excluding carboxylic acids is 2. The predicted molar refractivity (Wildman–Crippen MR) is 113 cm³/mol. The fourth-order valence-corrected chi connectivity index (χ4v) is 3.66. The molecule has 29 heavy (non-hydrogen) atoms. The van der Waals surface area contributed by atoms with Gasteiger partial charge in [0.15, 0.2) is 11.9 Å². The second-order valence-electron chi connectivity index (χ2n) is 6.75. The molecule has 0 N–H and O–H groups in total. The van der Waals surface area contributed by atoms with Crippen molar-refractivity contribution in [3.05, 3.63) is 75.5 Å². The van der Waals surface area contributed by atoms with Crippen molar-refractivity contribution in [1.82, 2.24) is 0 Å². The van der Waals surface area contributed by atoms with Gasteiger partial charge >= 0.3 is 5.97 Å². The van der Waals surface area contributed by atoms with Crippen molar-refractivity contribution in [2.75, 3.05) is 11.5 Å². The minimum absolute atomic E-state index is 0.116. The minimum atomic E-state index is -0.731. The minimum Gasteiger partial charge on any atom is -0.475 e. The van der Waals surface area contributed by atoms with Crippen LogP contribution in [0, 0.1) is 0 Å². The van der Waals surface area contributed by atoms with Gasteiger partial charge in [0.2, 0.25) is 0 Å². The third-order valence-electron chi connectivity index (χ3n) is 4.45. The predicted octanol–water partition coefficient (Wildman–Crippen LogP) is 5.30. The van der Waals surface area contributed by atoms with Crippen LogP contribution in [0.15, 0.2) is 54.3 Å². The molecule has 0 fully saturated rings. The Morgan fingerprint density at radius 2 is 1.93 bits per heavy atom. The first-order chi connectivity index (χ1) is 13.8. The molecule has 7 heteroatoms. The number of ether oxygens (including phenoxy) is 2. The van der Waals surface area contributed by atoms with Gasteiger partial charge in [-0.2, -0.15) is 0 Å². The van der Waals surface area contributed by atoms with Gasteiger partial charge in [-0.05, 0) is 45.0 Å². The highest BCUT2D eigenvalue weighted by Gasteiger charge is 2.36. The van der Waals surface area contributed by atoms with Crippen molar-refractivity contribution in [2.24, 2.45) is 0 Å². The van der Waals surface area contributed by atoms with Crippen LogP contribution in [0.2, 0.25) is 10.0 Å². The second-order valence-corrected chi connectivity index (χ2v) is 7.60. The third kappa shape index (κ3) is 4.41. The molecule has 0 bridgehead atoms. The van der Waals surface area contributed by atoms with Gasteiger partial charge in [0, 0.05) is 27.2 Å². The van der Waals surface area contributed by atoms with Gasteiger partial charge in [-0.25, -0.2) is 4.79 Å². The molecule has 152 valence electrons. The van der Waals surface area contributed by atoms with Gasteiger partial charge in [-0.3, -0.25) is 4.79 Å². The summed E-state index contributed by atoms with van der Waals surface area (Å²) in [7, 11) is 0. The molecule has 1 heterocycles. The van der Waals surface area contributed by atoms with E-state index in [1.54, 1.807) is 36.1 Å². The van der Waals surface area contributed by atoms with Crippen molar-refractivity contribution in [3.63, 3.8) is 0 Å². The van der Waals surface area contributed by atoms with Gasteiger partial charge in [0.05, 0.1) is 18.4 Å². The zero-order valence-electron chi connectivity index (χ0n) is 16.3. The Morgan fingerprint density at radius 3 is 2.59 bits per heavy atom. The molecule has 0 radical (unpaired) electrons. The molecule has 0 aromatic heterocycles. The average Bonchev–Trinajstić information content (AvgIpc) is 2.77. The van der Waals surface area contributed by atoms with Crippen molar-refractivity contribution in [2.45, 2.75) is 32.9 Å². The van der Waals surface area contributed by atoms with Crippen LogP contribution in [0.5, 0.6) is 0 Å². The molecule has 1 amide bonds. The number of anilines is 1. The highest BCUT2D eigenvalue weighted by atomic mass is 35.5. The van der Waals surface area contributed by atoms with E-state index in [2.05, 4.69) is 0 Å². The summed E-state index contributed by atoms with van der Waals surface area (Å²) in [5, 5.41) is 0.975. The van der Waals surface area contributed by atoms with Crippen LogP contribution >= 0.6 is 23.2 Å². The van der Waals surface area contributed by atoms with E-state index >= 15 is 0 Å². The van der Waals surface area contributed by atoms with Gasteiger partial charge < -0.3 is 14.4 Å². The lowest BCUT2D eigenvalue weighted by Crippen LogP contribution is -2.38. The SMILES string of the molecule is CCOC(=O)/C=C1/O[C@@H](c2ccccc2Cl)c2cc(Cl)ccc2N(C(C)C)C1=O. The molecule has 3 rings (SSSR count). The third-order valence-corrected chi connectivity index (χ3v) is 5.02. The van der Waals surface area contributed by atoms with Gasteiger partial charge in [0.1, 0.15) is 0 Å². The van der Waals surface area contributed by atoms with E-state index in [0.717, 1.165) is 6.08 Å². The number of amides is 1. The number of nitrogens with zero attached hydrogens (tertiary/aromatic N) is 1. The molecule has 0 spiro atoms. The molecule has 0 unspecified atom stereocenters. The molecule has 1 atom stereocenters. The fourth-order valence-electron chi connectivity index (χ4n) is 3.24. The highest BCUT2D eigenvalue weighted by molar-refractivity contribution is 6.31. The van der Waals surface area contributed by atoms with Gasteiger partial charge in [0.25, 0.3) is 5.91 Å². The normalized spacial score (nSPS) is 17.7. The van der Waals surface area contributed by atoms with Crippen molar-refractivity contribution in [1.29, 1.82) is 0 Å². The number of esters is 1. The van der Waals surface area contributed by atoms with Crippen LogP contribution < -0.4 is 4.90 Å². The van der Waals surface area contributed by atoms with E-state index in [9.17, 15) is 9.59 Å². The first-order valence-corrected chi connectivity index (χ1v) is 10.0. The standard InChI is InChI=1S/C22H21Cl2NO4/c1-4-28-20(26)12-19-22(27)25(13(2)3)18-10-9-14(23)11-16(18)21(29-19)15-7-5-6-8-17(15)24/h5-13,21H,4H2,1-3H3/b19-12+/t21-/m0/s1. The summed E-state index contributed by atoms with van der Waals surface area (Å²) in [4.78, 5) is 27.0. The number of carbonyl (C=O) groups is 2. The smallest absolute Gasteiger partial charge is 0.334 e. The molecular formula is C22H21Cl2NO4. The maximum Gasteiger partial charge on any atom is 0.334 e. The molecule has 0 saturated carbocycles. The van der Waals surface area contributed by atoms with E-state index in [-0.39, 0.29) is 18.4 Å². The molecule has 5 nitrogen and oxygen atoms in total. The number of benzene rings is 2. The molecule has 0 aliphatic carbocycles. The Bertz CT molecular complexity index is 971. The van der Waals surface area contributed by atoms with Gasteiger partial charge in [-0.15, -0.1) is 0 Å². The number of rotatable bonds is 4. The first kappa shape index (κ1) is 21.2. The Labute approximate surface area is 179 Å². The highest BCUT2D eigenvalue weighted by Crippen LogP contribution is 2.42. The zero-order chi connectivity index (χ0) is 21.1. The van der Waals surface area contributed by atoms with Crippen LogP contribution in [-0.4, -0.2) is 24.5 Å². The Kier molecular flexibility index (Phi) is 6.50. The molecule has 0 saturated heterocycles. The van der Waals surface area contributed by atoms with E-state index in [1.807, 2.05) is 32.0 Å². The monoisotopic (exact) mass is 433 g/mol. The second kappa shape index (κ2) is 8.89. The lowest BCUT2D eigenvalue weighted by Gasteiger charge is -2.26. The summed E-state index contributed by atoms with van der Waals surface area (Å²) >= 11 is 12.7. The summed E-state index contributed by atoms with van der Waals surface area (Å²) in [6.07, 6.45) is 0.351. The number of halogens is 2. The topological polar surface area (TPSA) is 55.8 Å². The summed E-state index contributed by atoms with van der Waals surface area (Å²) in [6, 6.07) is 12.2. The van der Waals surface area contributed by atoms with E-state index in [0.29, 0.717) is 26.9 Å². The summed E-state index contributed by atoms with van der Waals surface area (Å²) < 4.78 is 11.1. The average molecular weight is 434 g/mol. The zero-order valence-corrected chi connectivity index (χ0v) is 17.8. The molecular weight excluding hydrogens is 413 g/mol. The van der Waals surface area contributed by atoms with Crippen molar-refractivity contribution >= 4 is 40.8 Å². The molecule has 2 aromatic carbocycles. The first-order valence-electron chi connectivity index (χ1n) is 9.26. The lowest BCUT2D eigenvalue weighted by molar-refractivity contribution is -0.138. The Hall–Kier alpha value is -2.50. The van der Waals surface area contributed by atoms with Crippen molar-refractivity contribution < 1.29 is 19.1 Å². The number of fused-ring (bicyclic) bond motifs is 1. The van der Waals surface area contributed by atoms with E-state index in [4.69, 9.17) is 32.7 Å². The molecule has 1 aliphatic heterocycles. The fraction of sp³-hybridized carbons (Fsp3) is 0.273. The maximum atomic E-state index is 13.3. The number of hydrogen-bond acceptors (Lipinski definition) is 4. The van der Waals surface area contributed by atoms with Crippen LogP contribution in [0.1, 0.15) is 38.0 Å². The van der Waals surface area contributed by atoms with E-state index in [1.165, 1.54) is 0 Å². The maximum absolute atomic E-state index is 13.3. The summed E-state index contributed by atoms with van der Waals surface area (Å²) in [6.45, 7) is 5.65. The quantitative estimate of drug-likeness (QED) is 0.484. The van der Waals surface area contributed by atoms with Crippen LogP contribution in [-0.2, 0) is 19.1 Å². The van der Waals surface area contributed by atoms with Crippen molar-refractivity contribution in [3.8, 4) is 0 Å². The summed E-state index contributed by atoms with van der Waals surface area (Å²) in [5.41, 5.74) is 1.98. The lowest BCUT2D eigenvalue weighted by atomic mass is 9.99. The molecule has 1 aliphatic rings. The Balaban J connectivity index is 2.25. The van der Waals surface area contributed by atoms with Crippen LogP contribution in [0.4, 0.5) is 5.69 Å². The van der Waals surface area contributed by atoms with E-state index < -0.39 is 18.0 Å². The number of hydrogen-bond donors (Lipinski definition) is 0. The van der Waals surface area contributed by atoms with Gasteiger partial charge in [-0.1, -0.05) is 41.4 Å². The van der Waals surface area contributed by atoms with Crippen LogP contribution in [0.3, 0.4) is 0 Å². The molecule has 2 aromatic rings. The summed E-state index contributed by atoms with van der Waals surface area (Å²) in [5.74, 6) is -1.21. The Morgan fingerprint density at radius 1 is 1.21 bits per heavy atom. The largest absolute Gasteiger partial charge is 0.475 e.